The molecule has 0 saturated carbocycles. The number of rotatable bonds is 4. The summed E-state index contributed by atoms with van der Waals surface area (Å²) in [5.74, 6) is 0.760. The molecular weight excluding hydrogens is 232 g/mol. The predicted molar refractivity (Wildman–Crippen MR) is 82.5 cm³/mol. The molecule has 2 N–H and O–H groups in total. The number of nitrogens with two attached hydrogens (primary N) is 1. The van der Waals surface area contributed by atoms with Gasteiger partial charge in [-0.05, 0) is 76.7 Å². The predicted octanol–water partition coefficient (Wildman–Crippen LogP) is 3.17. The maximum atomic E-state index is 6.04. The average molecular weight is 260 g/mol. The van der Waals surface area contributed by atoms with Crippen LogP contribution in [-0.2, 0) is 6.42 Å². The fraction of sp³-hybridized carbons (Fsp3) is 0.647. The van der Waals surface area contributed by atoms with Crippen LogP contribution in [0.3, 0.4) is 0 Å². The van der Waals surface area contributed by atoms with E-state index >= 15 is 0 Å². The van der Waals surface area contributed by atoms with Gasteiger partial charge in [-0.15, -0.1) is 0 Å². The summed E-state index contributed by atoms with van der Waals surface area (Å²) < 4.78 is 0. The van der Waals surface area contributed by atoms with Gasteiger partial charge in [0, 0.05) is 5.54 Å². The Morgan fingerprint density at radius 3 is 2.26 bits per heavy atom. The van der Waals surface area contributed by atoms with Crippen LogP contribution in [0.1, 0.15) is 50.2 Å². The van der Waals surface area contributed by atoms with Crippen LogP contribution in [0.5, 0.6) is 0 Å². The third-order valence-electron chi connectivity index (χ3n) is 4.23. The van der Waals surface area contributed by atoms with Gasteiger partial charge in [-0.25, -0.2) is 0 Å². The first-order valence-corrected chi connectivity index (χ1v) is 7.50. The second-order valence-electron chi connectivity index (χ2n) is 6.81. The van der Waals surface area contributed by atoms with E-state index in [9.17, 15) is 0 Å². The highest BCUT2D eigenvalue weighted by molar-refractivity contribution is 5.26. The first kappa shape index (κ1) is 14.5. The zero-order valence-electron chi connectivity index (χ0n) is 12.7. The summed E-state index contributed by atoms with van der Waals surface area (Å²) in [6.07, 6.45) is 4.72. The highest BCUT2D eigenvalue weighted by Gasteiger charge is 2.18. The number of hydrogen-bond acceptors (Lipinski definition) is 2. The lowest BCUT2D eigenvalue weighted by atomic mass is 9.88. The lowest BCUT2D eigenvalue weighted by Gasteiger charge is -2.29. The van der Waals surface area contributed by atoms with Crippen molar-refractivity contribution in [3.05, 3.63) is 35.4 Å². The summed E-state index contributed by atoms with van der Waals surface area (Å²) in [4.78, 5) is 2.42. The van der Waals surface area contributed by atoms with E-state index in [1.807, 2.05) is 0 Å². The molecule has 1 aromatic carbocycles. The Kier molecular flexibility index (Phi) is 4.64. The molecule has 0 bridgehead atoms. The van der Waals surface area contributed by atoms with Crippen LogP contribution >= 0.6 is 0 Å². The Labute approximate surface area is 118 Å². The molecular formula is C17H28N2. The van der Waals surface area contributed by atoms with Gasteiger partial charge in [-0.2, -0.15) is 0 Å². The van der Waals surface area contributed by atoms with Crippen LogP contribution in [0.2, 0.25) is 0 Å². The van der Waals surface area contributed by atoms with Crippen molar-refractivity contribution in [3.8, 4) is 0 Å². The minimum Gasteiger partial charge on any atom is -0.326 e. The Hall–Kier alpha value is -0.860. The summed E-state index contributed by atoms with van der Waals surface area (Å²) in [5, 5.41) is 0. The van der Waals surface area contributed by atoms with Crippen molar-refractivity contribution in [2.75, 3.05) is 20.1 Å². The lowest BCUT2D eigenvalue weighted by molar-refractivity contribution is 0.255. The molecule has 2 heteroatoms. The molecule has 0 aliphatic carbocycles. The van der Waals surface area contributed by atoms with E-state index in [1.165, 1.54) is 37.1 Å². The summed E-state index contributed by atoms with van der Waals surface area (Å²) in [7, 11) is 2.22. The Balaban J connectivity index is 1.91. The molecule has 106 valence electrons. The lowest BCUT2D eigenvalue weighted by Crippen LogP contribution is -2.32. The van der Waals surface area contributed by atoms with Crippen LogP contribution in [0.25, 0.3) is 0 Å². The van der Waals surface area contributed by atoms with E-state index in [4.69, 9.17) is 5.73 Å². The molecule has 1 aliphatic heterocycles. The molecule has 1 heterocycles. The van der Waals surface area contributed by atoms with Crippen LogP contribution in [0, 0.1) is 0 Å². The molecule has 0 aromatic heterocycles. The molecule has 1 aromatic rings. The highest BCUT2D eigenvalue weighted by Crippen LogP contribution is 2.27. The molecule has 0 spiro atoms. The van der Waals surface area contributed by atoms with E-state index in [1.54, 1.807) is 0 Å². The van der Waals surface area contributed by atoms with Crippen molar-refractivity contribution in [3.63, 3.8) is 0 Å². The third kappa shape index (κ3) is 4.63. The number of likely N-dealkylation sites (tertiary alicyclic amines) is 1. The normalized spacial score (nSPS) is 18.7. The van der Waals surface area contributed by atoms with Gasteiger partial charge in [0.05, 0.1) is 0 Å². The summed E-state index contributed by atoms with van der Waals surface area (Å²) in [6, 6.07) is 9.24. The number of hydrogen-bond donors (Lipinski definition) is 1. The second kappa shape index (κ2) is 6.06. The van der Waals surface area contributed by atoms with Gasteiger partial charge in [0.2, 0.25) is 0 Å². The molecule has 2 rings (SSSR count). The van der Waals surface area contributed by atoms with Gasteiger partial charge in [0.1, 0.15) is 0 Å². The van der Waals surface area contributed by atoms with Crippen LogP contribution in [0.15, 0.2) is 24.3 Å². The van der Waals surface area contributed by atoms with E-state index in [0.29, 0.717) is 0 Å². The molecule has 1 saturated heterocycles. The van der Waals surface area contributed by atoms with Gasteiger partial charge in [0.25, 0.3) is 0 Å². The molecule has 1 aliphatic rings. The topological polar surface area (TPSA) is 29.3 Å². The molecule has 0 atom stereocenters. The Morgan fingerprint density at radius 1 is 1.16 bits per heavy atom. The van der Waals surface area contributed by atoms with Gasteiger partial charge < -0.3 is 10.6 Å². The van der Waals surface area contributed by atoms with E-state index in [-0.39, 0.29) is 5.54 Å². The molecule has 0 unspecified atom stereocenters. The van der Waals surface area contributed by atoms with Gasteiger partial charge in [0.15, 0.2) is 0 Å². The van der Waals surface area contributed by atoms with Gasteiger partial charge in [-0.1, -0.05) is 24.3 Å². The Morgan fingerprint density at radius 2 is 1.74 bits per heavy atom. The minimum absolute atomic E-state index is 0.0629. The monoisotopic (exact) mass is 260 g/mol. The SMILES string of the molecule is CN1CCC(c2ccc(CCC(C)(C)N)cc2)CC1. The zero-order chi connectivity index (χ0) is 13.9. The van der Waals surface area contributed by atoms with Crippen LogP contribution < -0.4 is 5.73 Å². The fourth-order valence-corrected chi connectivity index (χ4v) is 2.76. The Bertz CT molecular complexity index is 381. The number of piperidine rings is 1. The van der Waals surface area contributed by atoms with E-state index < -0.39 is 0 Å². The largest absolute Gasteiger partial charge is 0.326 e. The molecule has 1 fully saturated rings. The van der Waals surface area contributed by atoms with Crippen molar-refractivity contribution in [1.82, 2.24) is 4.90 Å². The smallest absolute Gasteiger partial charge is 0.0100 e. The first-order valence-electron chi connectivity index (χ1n) is 7.50. The van der Waals surface area contributed by atoms with Crippen molar-refractivity contribution >= 4 is 0 Å². The third-order valence-corrected chi connectivity index (χ3v) is 4.23. The van der Waals surface area contributed by atoms with E-state index in [0.717, 1.165) is 18.8 Å². The quantitative estimate of drug-likeness (QED) is 0.901. The first-order chi connectivity index (χ1) is 8.94. The van der Waals surface area contributed by atoms with Crippen LogP contribution in [-0.4, -0.2) is 30.6 Å². The highest BCUT2D eigenvalue weighted by atomic mass is 15.1. The summed E-state index contributed by atoms with van der Waals surface area (Å²) in [6.45, 7) is 6.65. The maximum absolute atomic E-state index is 6.04. The van der Waals surface area contributed by atoms with Crippen molar-refractivity contribution in [1.29, 1.82) is 0 Å². The molecule has 0 radical (unpaired) electrons. The summed E-state index contributed by atoms with van der Waals surface area (Å²) in [5.41, 5.74) is 8.91. The van der Waals surface area contributed by atoms with Crippen molar-refractivity contribution in [2.45, 2.75) is 51.0 Å². The van der Waals surface area contributed by atoms with Gasteiger partial charge in [-0.3, -0.25) is 0 Å². The number of aryl methyl sites for hydroxylation is 1. The maximum Gasteiger partial charge on any atom is 0.0100 e. The van der Waals surface area contributed by atoms with Crippen molar-refractivity contribution in [2.24, 2.45) is 5.73 Å². The van der Waals surface area contributed by atoms with E-state index in [2.05, 4.69) is 50.1 Å². The minimum atomic E-state index is -0.0629. The van der Waals surface area contributed by atoms with Crippen LogP contribution in [0.4, 0.5) is 0 Å². The number of nitrogens with zero attached hydrogens (tertiary/aromatic N) is 1. The standard InChI is InChI=1S/C17H28N2/c1-17(2,18)11-8-14-4-6-15(7-5-14)16-9-12-19(3)13-10-16/h4-7,16H,8-13,18H2,1-3H3. The molecule has 19 heavy (non-hydrogen) atoms. The van der Waals surface area contributed by atoms with Crippen molar-refractivity contribution < 1.29 is 0 Å². The molecule has 0 amide bonds. The average Bonchev–Trinajstić information content (AvgIpc) is 2.37. The summed E-state index contributed by atoms with van der Waals surface area (Å²) >= 11 is 0. The van der Waals surface area contributed by atoms with Gasteiger partial charge >= 0.3 is 0 Å². The zero-order valence-corrected chi connectivity index (χ0v) is 12.7. The number of benzene rings is 1. The molecule has 2 nitrogen and oxygen atoms in total. The second-order valence-corrected chi connectivity index (χ2v) is 6.81. The fourth-order valence-electron chi connectivity index (χ4n) is 2.76.